The third-order valence-electron chi connectivity index (χ3n) is 2.94. The van der Waals surface area contributed by atoms with Crippen molar-refractivity contribution in [1.29, 1.82) is 0 Å². The molecule has 0 amide bonds. The fourth-order valence-electron chi connectivity index (χ4n) is 2.35. The molecule has 1 atom stereocenters. The molecular weight excluding hydrogens is 218 g/mol. The Morgan fingerprint density at radius 2 is 2.50 bits per heavy atom. The van der Waals surface area contributed by atoms with Gasteiger partial charge in [0.1, 0.15) is 0 Å². The van der Waals surface area contributed by atoms with Gasteiger partial charge in [0.05, 0.1) is 5.51 Å². The van der Waals surface area contributed by atoms with Gasteiger partial charge in [-0.05, 0) is 19.4 Å². The molecular formula is C12H21N3S. The predicted octanol–water partition coefficient (Wildman–Crippen LogP) is 2.11. The number of rotatable bonds is 4. The van der Waals surface area contributed by atoms with E-state index in [1.54, 1.807) is 11.3 Å². The lowest BCUT2D eigenvalue weighted by molar-refractivity contribution is 0.180. The van der Waals surface area contributed by atoms with Crippen molar-refractivity contribution in [3.63, 3.8) is 0 Å². The minimum atomic E-state index is 0.591. The van der Waals surface area contributed by atoms with Crippen LogP contribution >= 0.6 is 11.3 Å². The highest BCUT2D eigenvalue weighted by atomic mass is 32.1. The van der Waals surface area contributed by atoms with Crippen molar-refractivity contribution in [2.24, 2.45) is 0 Å². The van der Waals surface area contributed by atoms with Crippen molar-refractivity contribution in [3.05, 3.63) is 16.6 Å². The smallest absolute Gasteiger partial charge is 0.0794 e. The molecule has 1 saturated heterocycles. The van der Waals surface area contributed by atoms with Gasteiger partial charge < -0.3 is 5.32 Å². The monoisotopic (exact) mass is 239 g/mol. The van der Waals surface area contributed by atoms with Gasteiger partial charge in [0.15, 0.2) is 0 Å². The first kappa shape index (κ1) is 12.0. The lowest BCUT2D eigenvalue weighted by Crippen LogP contribution is -2.47. The van der Waals surface area contributed by atoms with Crippen LogP contribution < -0.4 is 5.32 Å². The van der Waals surface area contributed by atoms with Crippen molar-refractivity contribution < 1.29 is 0 Å². The average molecular weight is 239 g/mol. The fraction of sp³-hybridized carbons (Fsp3) is 0.750. The highest BCUT2D eigenvalue weighted by Crippen LogP contribution is 2.15. The van der Waals surface area contributed by atoms with E-state index < -0.39 is 0 Å². The van der Waals surface area contributed by atoms with E-state index in [1.807, 2.05) is 11.7 Å². The Morgan fingerprint density at radius 1 is 1.62 bits per heavy atom. The molecule has 0 aliphatic carbocycles. The van der Waals surface area contributed by atoms with Gasteiger partial charge in [0.2, 0.25) is 0 Å². The van der Waals surface area contributed by atoms with E-state index in [9.17, 15) is 0 Å². The van der Waals surface area contributed by atoms with Gasteiger partial charge in [-0.15, -0.1) is 11.3 Å². The summed E-state index contributed by atoms with van der Waals surface area (Å²) in [7, 11) is 0. The molecule has 2 rings (SSSR count). The van der Waals surface area contributed by atoms with Crippen molar-refractivity contribution in [3.8, 4) is 0 Å². The summed E-state index contributed by atoms with van der Waals surface area (Å²) in [6, 6.07) is 1.26. The SMILES string of the molecule is CC(C)NC1CCCN(Cc2cncs2)C1. The van der Waals surface area contributed by atoms with E-state index in [2.05, 4.69) is 29.0 Å². The zero-order valence-electron chi connectivity index (χ0n) is 10.1. The summed E-state index contributed by atoms with van der Waals surface area (Å²) in [5.41, 5.74) is 1.92. The third kappa shape index (κ3) is 3.54. The normalized spacial score (nSPS) is 22.8. The van der Waals surface area contributed by atoms with Gasteiger partial charge >= 0.3 is 0 Å². The first-order valence-corrected chi connectivity index (χ1v) is 6.98. The lowest BCUT2D eigenvalue weighted by Gasteiger charge is -2.33. The van der Waals surface area contributed by atoms with Crippen LogP contribution in [0.15, 0.2) is 11.7 Å². The zero-order chi connectivity index (χ0) is 11.4. The van der Waals surface area contributed by atoms with Crippen LogP contribution in [0.2, 0.25) is 0 Å². The Balaban J connectivity index is 1.82. The van der Waals surface area contributed by atoms with Crippen molar-refractivity contribution in [2.45, 2.75) is 45.3 Å². The Bertz CT molecular complexity index is 297. The van der Waals surface area contributed by atoms with Crippen LogP contribution in [-0.4, -0.2) is 35.1 Å². The fourth-order valence-corrected chi connectivity index (χ4v) is 2.98. The molecule has 90 valence electrons. The maximum atomic E-state index is 4.13. The number of thiazole rings is 1. The summed E-state index contributed by atoms with van der Waals surface area (Å²) < 4.78 is 0. The molecule has 1 aromatic rings. The molecule has 1 aromatic heterocycles. The van der Waals surface area contributed by atoms with E-state index in [0.29, 0.717) is 12.1 Å². The second kappa shape index (κ2) is 5.75. The van der Waals surface area contributed by atoms with Gasteiger partial charge in [-0.2, -0.15) is 0 Å². The number of nitrogens with zero attached hydrogens (tertiary/aromatic N) is 2. The number of hydrogen-bond donors (Lipinski definition) is 1. The largest absolute Gasteiger partial charge is 0.311 e. The molecule has 0 aromatic carbocycles. The number of nitrogens with one attached hydrogen (secondary N) is 1. The molecule has 0 bridgehead atoms. The van der Waals surface area contributed by atoms with E-state index >= 15 is 0 Å². The summed E-state index contributed by atoms with van der Waals surface area (Å²) in [6.07, 6.45) is 4.62. The molecule has 1 unspecified atom stereocenters. The topological polar surface area (TPSA) is 28.2 Å². The van der Waals surface area contributed by atoms with Crippen molar-refractivity contribution in [2.75, 3.05) is 13.1 Å². The number of piperidine rings is 1. The van der Waals surface area contributed by atoms with Crippen LogP contribution in [0.3, 0.4) is 0 Å². The summed E-state index contributed by atoms with van der Waals surface area (Å²) >= 11 is 1.76. The molecule has 0 saturated carbocycles. The maximum absolute atomic E-state index is 4.13. The molecule has 16 heavy (non-hydrogen) atoms. The molecule has 0 radical (unpaired) electrons. The average Bonchev–Trinajstić information content (AvgIpc) is 2.70. The van der Waals surface area contributed by atoms with Crippen LogP contribution in [0.1, 0.15) is 31.6 Å². The van der Waals surface area contributed by atoms with Crippen LogP contribution in [0, 0.1) is 0 Å². The minimum Gasteiger partial charge on any atom is -0.311 e. The van der Waals surface area contributed by atoms with E-state index in [0.717, 1.165) is 6.54 Å². The van der Waals surface area contributed by atoms with Crippen LogP contribution in [-0.2, 0) is 6.54 Å². The Hall–Kier alpha value is -0.450. The highest BCUT2D eigenvalue weighted by molar-refractivity contribution is 7.09. The molecule has 1 fully saturated rings. The molecule has 0 spiro atoms. The van der Waals surface area contributed by atoms with Crippen molar-refractivity contribution in [1.82, 2.24) is 15.2 Å². The molecule has 4 heteroatoms. The maximum Gasteiger partial charge on any atom is 0.0794 e. The third-order valence-corrected chi connectivity index (χ3v) is 3.70. The second-order valence-corrected chi connectivity index (χ2v) is 5.83. The molecule has 2 heterocycles. The standard InChI is InChI=1S/C12H21N3S/c1-10(2)14-11-4-3-5-15(7-11)8-12-6-13-9-16-12/h6,9-11,14H,3-5,7-8H2,1-2H3. The molecule has 3 nitrogen and oxygen atoms in total. The summed E-state index contributed by atoms with van der Waals surface area (Å²) in [5.74, 6) is 0. The quantitative estimate of drug-likeness (QED) is 0.872. The highest BCUT2D eigenvalue weighted by Gasteiger charge is 2.20. The number of aromatic nitrogens is 1. The number of likely N-dealkylation sites (tertiary alicyclic amines) is 1. The molecule has 1 N–H and O–H groups in total. The van der Waals surface area contributed by atoms with Gasteiger partial charge in [-0.25, -0.2) is 0 Å². The summed E-state index contributed by atoms with van der Waals surface area (Å²) in [5, 5.41) is 3.64. The van der Waals surface area contributed by atoms with Crippen LogP contribution in [0.25, 0.3) is 0 Å². The lowest BCUT2D eigenvalue weighted by atomic mass is 10.0. The molecule has 1 aliphatic heterocycles. The first-order chi connectivity index (χ1) is 7.74. The van der Waals surface area contributed by atoms with Crippen molar-refractivity contribution >= 4 is 11.3 Å². The predicted molar refractivity (Wildman–Crippen MR) is 68.7 cm³/mol. The van der Waals surface area contributed by atoms with Gasteiger partial charge in [-0.1, -0.05) is 13.8 Å². The van der Waals surface area contributed by atoms with E-state index in [-0.39, 0.29) is 0 Å². The Labute approximate surface area is 102 Å². The molecule has 1 aliphatic rings. The van der Waals surface area contributed by atoms with Gasteiger partial charge in [-0.3, -0.25) is 9.88 Å². The minimum absolute atomic E-state index is 0.591. The Morgan fingerprint density at radius 3 is 3.19 bits per heavy atom. The first-order valence-electron chi connectivity index (χ1n) is 6.10. The summed E-state index contributed by atoms with van der Waals surface area (Å²) in [6.45, 7) is 7.93. The van der Waals surface area contributed by atoms with Crippen LogP contribution in [0.5, 0.6) is 0 Å². The number of hydrogen-bond acceptors (Lipinski definition) is 4. The second-order valence-electron chi connectivity index (χ2n) is 4.86. The Kier molecular flexibility index (Phi) is 4.32. The van der Waals surface area contributed by atoms with E-state index in [4.69, 9.17) is 0 Å². The van der Waals surface area contributed by atoms with Crippen LogP contribution in [0.4, 0.5) is 0 Å². The van der Waals surface area contributed by atoms with E-state index in [1.165, 1.54) is 30.8 Å². The zero-order valence-corrected chi connectivity index (χ0v) is 11.0. The van der Waals surface area contributed by atoms with Gasteiger partial charge in [0, 0.05) is 36.2 Å². The van der Waals surface area contributed by atoms with Gasteiger partial charge in [0.25, 0.3) is 0 Å². The summed E-state index contributed by atoms with van der Waals surface area (Å²) in [4.78, 5) is 8.05.